The van der Waals surface area contributed by atoms with E-state index in [0.717, 1.165) is 34.9 Å². The van der Waals surface area contributed by atoms with Crippen LogP contribution in [-0.2, 0) is 22.7 Å². The first kappa shape index (κ1) is 22.5. The number of alkyl halides is 3. The monoisotopic (exact) mass is 484 g/mol. The van der Waals surface area contributed by atoms with E-state index < -0.39 is 27.8 Å². The number of carbonyl (C=O) groups is 1. The van der Waals surface area contributed by atoms with Crippen LogP contribution in [0.25, 0.3) is 5.69 Å². The summed E-state index contributed by atoms with van der Waals surface area (Å²) in [7, 11) is -3.71. The van der Waals surface area contributed by atoms with E-state index in [9.17, 15) is 26.4 Å². The van der Waals surface area contributed by atoms with E-state index in [1.165, 1.54) is 16.6 Å². The number of halogens is 3. The molecule has 1 fully saturated rings. The molecule has 32 heavy (non-hydrogen) atoms. The van der Waals surface area contributed by atoms with Gasteiger partial charge in [0.2, 0.25) is 10.0 Å². The Morgan fingerprint density at radius 3 is 2.41 bits per heavy atom. The highest BCUT2D eigenvalue weighted by molar-refractivity contribution is 7.89. The fourth-order valence-corrected chi connectivity index (χ4v) is 6.22. The van der Waals surface area contributed by atoms with Gasteiger partial charge in [0.15, 0.2) is 5.69 Å². The Balaban J connectivity index is 1.42. The lowest BCUT2D eigenvalue weighted by Gasteiger charge is -2.15. The van der Waals surface area contributed by atoms with Gasteiger partial charge >= 0.3 is 6.18 Å². The maximum absolute atomic E-state index is 12.8. The first-order chi connectivity index (χ1) is 15.2. The number of carbonyl (C=O) groups excluding carboxylic acids is 1. The molecule has 12 heteroatoms. The summed E-state index contributed by atoms with van der Waals surface area (Å²) >= 11 is 1.06. The van der Waals surface area contributed by atoms with Crippen LogP contribution in [0.15, 0.2) is 52.9 Å². The van der Waals surface area contributed by atoms with Crippen LogP contribution in [0.4, 0.5) is 13.2 Å². The topological polar surface area (TPSA) is 84.3 Å². The Morgan fingerprint density at radius 1 is 1.09 bits per heavy atom. The van der Waals surface area contributed by atoms with Crippen LogP contribution in [0.5, 0.6) is 0 Å². The summed E-state index contributed by atoms with van der Waals surface area (Å²) in [6, 6.07) is 8.82. The fourth-order valence-electron chi connectivity index (χ4n) is 3.38. The molecule has 1 aliphatic heterocycles. The van der Waals surface area contributed by atoms with Crippen LogP contribution in [0.3, 0.4) is 0 Å². The van der Waals surface area contributed by atoms with Gasteiger partial charge < -0.3 is 5.32 Å². The van der Waals surface area contributed by atoms with Crippen LogP contribution < -0.4 is 5.32 Å². The lowest BCUT2D eigenvalue weighted by molar-refractivity contribution is -0.141. The van der Waals surface area contributed by atoms with Crippen LogP contribution >= 0.6 is 11.3 Å². The summed E-state index contributed by atoms with van der Waals surface area (Å²) in [6.07, 6.45) is -1.69. The molecule has 3 aromatic rings. The maximum Gasteiger partial charge on any atom is 0.435 e. The molecule has 1 aliphatic rings. The highest BCUT2D eigenvalue weighted by Crippen LogP contribution is 2.29. The third-order valence-electron chi connectivity index (χ3n) is 5.05. The molecule has 0 radical (unpaired) electrons. The molecule has 1 saturated heterocycles. The summed E-state index contributed by atoms with van der Waals surface area (Å²) in [5.41, 5.74) is 0.156. The Morgan fingerprint density at radius 2 is 1.78 bits per heavy atom. The van der Waals surface area contributed by atoms with Gasteiger partial charge in [-0.25, -0.2) is 13.1 Å². The zero-order valence-corrected chi connectivity index (χ0v) is 18.3. The maximum atomic E-state index is 12.8. The molecule has 1 amide bonds. The molecular weight excluding hydrogens is 465 g/mol. The first-order valence-electron chi connectivity index (χ1n) is 9.74. The van der Waals surface area contributed by atoms with Crippen molar-refractivity contribution >= 4 is 27.3 Å². The molecule has 4 rings (SSSR count). The number of nitrogens with one attached hydrogen (secondary N) is 1. The van der Waals surface area contributed by atoms with E-state index in [4.69, 9.17) is 0 Å². The van der Waals surface area contributed by atoms with Gasteiger partial charge in [-0.15, -0.1) is 11.3 Å². The van der Waals surface area contributed by atoms with Gasteiger partial charge in [-0.1, -0.05) is 12.1 Å². The van der Waals surface area contributed by atoms with Gasteiger partial charge in [0, 0.05) is 25.8 Å². The minimum atomic E-state index is -4.52. The number of thiophene rings is 1. The molecular formula is C20H19F3N4O3S2. The van der Waals surface area contributed by atoms with Crippen molar-refractivity contribution in [1.82, 2.24) is 19.4 Å². The predicted molar refractivity (Wildman–Crippen MR) is 112 cm³/mol. The Labute approximate surface area is 186 Å². The molecule has 1 aromatic carbocycles. The molecule has 7 nitrogen and oxygen atoms in total. The zero-order valence-electron chi connectivity index (χ0n) is 16.7. The highest BCUT2D eigenvalue weighted by atomic mass is 32.2. The molecule has 0 unspecified atom stereocenters. The standard InChI is InChI=1S/C20H19F3N4O3S2/c21-20(22,23)17-7-11-27(25-17)15-5-3-14(4-6-15)13-24-19(28)18-16(8-12-31-18)32(29,30)26-9-1-2-10-26/h3-8,11-12H,1-2,9-10,13H2,(H,24,28). The summed E-state index contributed by atoms with van der Waals surface area (Å²) in [6.45, 7) is 1.03. The molecule has 3 heterocycles. The molecule has 170 valence electrons. The minimum absolute atomic E-state index is 0.0106. The summed E-state index contributed by atoms with van der Waals surface area (Å²) < 4.78 is 66.2. The third kappa shape index (κ3) is 4.57. The van der Waals surface area contributed by atoms with Crippen molar-refractivity contribution < 1.29 is 26.4 Å². The molecule has 0 spiro atoms. The number of rotatable bonds is 6. The second-order valence-corrected chi connectivity index (χ2v) is 10.0. The van der Waals surface area contributed by atoms with Crippen molar-refractivity contribution in [3.05, 3.63) is 64.1 Å². The Hall–Kier alpha value is -2.70. The fraction of sp³-hybridized carbons (Fsp3) is 0.300. The number of benzene rings is 1. The van der Waals surface area contributed by atoms with E-state index in [1.807, 2.05) is 0 Å². The first-order valence-corrected chi connectivity index (χ1v) is 12.1. The van der Waals surface area contributed by atoms with Crippen molar-refractivity contribution in [2.75, 3.05) is 13.1 Å². The second kappa shape index (κ2) is 8.68. The van der Waals surface area contributed by atoms with E-state index in [0.29, 0.717) is 24.3 Å². The summed E-state index contributed by atoms with van der Waals surface area (Å²) in [5, 5.41) is 7.80. The van der Waals surface area contributed by atoms with Gasteiger partial charge in [0.25, 0.3) is 5.91 Å². The SMILES string of the molecule is O=C(NCc1ccc(-n2ccc(C(F)(F)F)n2)cc1)c1sccc1S(=O)(=O)N1CCCC1. The predicted octanol–water partition coefficient (Wildman–Crippen LogP) is 3.67. The number of hydrogen-bond acceptors (Lipinski definition) is 5. The summed E-state index contributed by atoms with van der Waals surface area (Å²) in [4.78, 5) is 12.8. The Kier molecular flexibility index (Phi) is 6.10. The normalized spacial score (nSPS) is 15.2. The van der Waals surface area contributed by atoms with Gasteiger partial charge in [-0.05, 0) is 48.1 Å². The van der Waals surface area contributed by atoms with Crippen molar-refractivity contribution in [3.8, 4) is 5.69 Å². The third-order valence-corrected chi connectivity index (χ3v) is 8.04. The van der Waals surface area contributed by atoms with Crippen LogP contribution in [0.2, 0.25) is 0 Å². The molecule has 0 saturated carbocycles. The number of sulfonamides is 1. The summed E-state index contributed by atoms with van der Waals surface area (Å²) in [5.74, 6) is -0.497. The number of amides is 1. The van der Waals surface area contributed by atoms with E-state index in [-0.39, 0.29) is 16.3 Å². The highest BCUT2D eigenvalue weighted by Gasteiger charge is 2.34. The van der Waals surface area contributed by atoms with Gasteiger partial charge in [0.1, 0.15) is 9.77 Å². The molecule has 1 N–H and O–H groups in total. The number of hydrogen-bond donors (Lipinski definition) is 1. The average Bonchev–Trinajstić information content (AvgIpc) is 3.52. The van der Waals surface area contributed by atoms with Crippen LogP contribution in [-0.4, -0.2) is 41.5 Å². The number of nitrogens with zero attached hydrogens (tertiary/aromatic N) is 3. The van der Waals surface area contributed by atoms with Gasteiger partial charge in [-0.2, -0.15) is 22.6 Å². The molecule has 0 atom stereocenters. The number of aromatic nitrogens is 2. The quantitative estimate of drug-likeness (QED) is 0.579. The second-order valence-electron chi connectivity index (χ2n) is 7.22. The van der Waals surface area contributed by atoms with Crippen molar-refractivity contribution in [2.24, 2.45) is 0 Å². The van der Waals surface area contributed by atoms with Crippen LogP contribution in [0, 0.1) is 0 Å². The Bertz CT molecular complexity index is 1210. The van der Waals surface area contributed by atoms with E-state index in [1.54, 1.807) is 29.6 Å². The molecule has 0 aliphatic carbocycles. The average molecular weight is 485 g/mol. The molecule has 2 aromatic heterocycles. The van der Waals surface area contributed by atoms with Crippen molar-refractivity contribution in [2.45, 2.75) is 30.5 Å². The largest absolute Gasteiger partial charge is 0.435 e. The van der Waals surface area contributed by atoms with E-state index in [2.05, 4.69) is 10.4 Å². The smallest absolute Gasteiger partial charge is 0.347 e. The minimum Gasteiger partial charge on any atom is -0.347 e. The lowest BCUT2D eigenvalue weighted by Crippen LogP contribution is -2.30. The van der Waals surface area contributed by atoms with Crippen molar-refractivity contribution in [1.29, 1.82) is 0 Å². The van der Waals surface area contributed by atoms with Gasteiger partial charge in [-0.3, -0.25) is 4.79 Å². The van der Waals surface area contributed by atoms with Crippen molar-refractivity contribution in [3.63, 3.8) is 0 Å². The van der Waals surface area contributed by atoms with Crippen LogP contribution in [0.1, 0.15) is 33.8 Å². The molecule has 0 bridgehead atoms. The van der Waals surface area contributed by atoms with Gasteiger partial charge in [0.05, 0.1) is 5.69 Å². The van der Waals surface area contributed by atoms with E-state index >= 15 is 0 Å². The lowest BCUT2D eigenvalue weighted by atomic mass is 10.2. The zero-order chi connectivity index (χ0) is 22.9.